The van der Waals surface area contributed by atoms with Crippen LogP contribution in [0.25, 0.3) is 5.69 Å². The van der Waals surface area contributed by atoms with Crippen LogP contribution >= 0.6 is 0 Å². The number of ether oxygens (including phenoxy) is 1. The zero-order valence-corrected chi connectivity index (χ0v) is 19.6. The highest BCUT2D eigenvalue weighted by Gasteiger charge is 2.21. The predicted octanol–water partition coefficient (Wildman–Crippen LogP) is 2.61. The number of rotatable bonds is 11. The topological polar surface area (TPSA) is 159 Å². The highest BCUT2D eigenvalue weighted by atomic mass is 19.1. The lowest BCUT2D eigenvalue weighted by Gasteiger charge is -2.25. The number of nitrogens with zero attached hydrogens (tertiary/aromatic N) is 5. The molecule has 34 heavy (non-hydrogen) atoms. The number of nitrogens with two attached hydrogens (primary N) is 2. The summed E-state index contributed by atoms with van der Waals surface area (Å²) in [5, 5.41) is 13.9. The summed E-state index contributed by atoms with van der Waals surface area (Å²) in [5.74, 6) is -0.829. The molecule has 0 saturated carbocycles. The Hall–Kier alpha value is -3.80. The molecule has 12 heteroatoms. The Balaban J connectivity index is 1.99. The van der Waals surface area contributed by atoms with Crippen molar-refractivity contribution in [3.8, 4) is 11.6 Å². The van der Waals surface area contributed by atoms with Crippen LogP contribution in [0.2, 0.25) is 0 Å². The van der Waals surface area contributed by atoms with Crippen molar-refractivity contribution in [1.82, 2.24) is 25.0 Å². The first-order chi connectivity index (χ1) is 16.2. The summed E-state index contributed by atoms with van der Waals surface area (Å²) in [7, 11) is 0. The lowest BCUT2D eigenvalue weighted by Crippen LogP contribution is -2.39. The van der Waals surface area contributed by atoms with Crippen LogP contribution in [0.1, 0.15) is 44.5 Å². The third-order valence-corrected chi connectivity index (χ3v) is 4.97. The molecule has 0 saturated heterocycles. The van der Waals surface area contributed by atoms with Crippen LogP contribution in [0, 0.1) is 11.7 Å². The second-order valence-corrected chi connectivity index (χ2v) is 8.27. The van der Waals surface area contributed by atoms with E-state index in [1.54, 1.807) is 12.3 Å². The molecule has 0 radical (unpaired) electrons. The van der Waals surface area contributed by atoms with Gasteiger partial charge in [-0.3, -0.25) is 4.79 Å². The van der Waals surface area contributed by atoms with Gasteiger partial charge in [-0.1, -0.05) is 19.1 Å². The molecule has 182 valence electrons. The fraction of sp³-hybridized carbons (Fsp3) is 0.409. The number of halogens is 1. The molecule has 0 unspecified atom stereocenters. The van der Waals surface area contributed by atoms with E-state index in [0.717, 1.165) is 6.07 Å². The van der Waals surface area contributed by atoms with E-state index in [1.165, 1.54) is 17.1 Å². The molecule has 0 aliphatic carbocycles. The summed E-state index contributed by atoms with van der Waals surface area (Å²) in [5.41, 5.74) is 12.4. The largest absolute Gasteiger partial charge is 0.476 e. The Morgan fingerprint density at radius 1 is 1.26 bits per heavy atom. The van der Waals surface area contributed by atoms with Crippen molar-refractivity contribution in [1.29, 1.82) is 0 Å². The van der Waals surface area contributed by atoms with Gasteiger partial charge in [0.05, 0.1) is 36.4 Å². The van der Waals surface area contributed by atoms with Crippen LogP contribution in [0.3, 0.4) is 0 Å². The van der Waals surface area contributed by atoms with Gasteiger partial charge in [0, 0.05) is 12.1 Å². The van der Waals surface area contributed by atoms with Crippen LogP contribution in [0.5, 0.6) is 5.88 Å². The summed E-state index contributed by atoms with van der Waals surface area (Å²) in [6.45, 7) is 8.18. The van der Waals surface area contributed by atoms with Gasteiger partial charge >= 0.3 is 0 Å². The first-order valence-corrected chi connectivity index (χ1v) is 11.0. The van der Waals surface area contributed by atoms with Crippen molar-refractivity contribution in [2.45, 2.75) is 46.2 Å². The molecule has 0 aliphatic heterocycles. The molecule has 0 aromatic carbocycles. The molecule has 0 aliphatic rings. The highest BCUT2D eigenvalue weighted by Crippen LogP contribution is 2.28. The van der Waals surface area contributed by atoms with E-state index >= 15 is 0 Å². The Morgan fingerprint density at radius 3 is 2.62 bits per heavy atom. The molecule has 3 aromatic heterocycles. The number of hydrogen-bond donors (Lipinski definition) is 4. The van der Waals surface area contributed by atoms with Gasteiger partial charge in [-0.15, -0.1) is 5.10 Å². The van der Waals surface area contributed by atoms with Crippen molar-refractivity contribution < 1.29 is 13.9 Å². The predicted molar refractivity (Wildman–Crippen MR) is 127 cm³/mol. The van der Waals surface area contributed by atoms with Crippen molar-refractivity contribution in [3.63, 3.8) is 0 Å². The summed E-state index contributed by atoms with van der Waals surface area (Å²) < 4.78 is 21.9. The summed E-state index contributed by atoms with van der Waals surface area (Å²) in [4.78, 5) is 20.7. The SMILES string of the molecule is CCOc1ncc(Nc2nc(N[C@H](CC(C)C)[C@H](C)N)c(F)cc2C(N)=O)cc1-n1ccnn1. The second kappa shape index (κ2) is 10.9. The van der Waals surface area contributed by atoms with E-state index in [0.29, 0.717) is 36.2 Å². The van der Waals surface area contributed by atoms with Crippen LogP contribution in [-0.2, 0) is 0 Å². The quantitative estimate of drug-likeness (QED) is 0.330. The number of primary amides is 1. The van der Waals surface area contributed by atoms with E-state index in [1.807, 2.05) is 13.8 Å². The molecule has 0 bridgehead atoms. The maximum absolute atomic E-state index is 14.8. The van der Waals surface area contributed by atoms with Crippen LogP contribution in [-0.4, -0.2) is 49.6 Å². The summed E-state index contributed by atoms with van der Waals surface area (Å²) in [6, 6.07) is 2.27. The molecule has 3 heterocycles. The van der Waals surface area contributed by atoms with Gasteiger partial charge < -0.3 is 26.8 Å². The molecule has 0 spiro atoms. The van der Waals surface area contributed by atoms with Crippen molar-refractivity contribution in [2.75, 3.05) is 17.2 Å². The normalized spacial score (nSPS) is 12.9. The van der Waals surface area contributed by atoms with E-state index in [9.17, 15) is 9.18 Å². The van der Waals surface area contributed by atoms with Gasteiger partial charge in [-0.2, -0.15) is 0 Å². The van der Waals surface area contributed by atoms with E-state index < -0.39 is 11.7 Å². The zero-order valence-electron chi connectivity index (χ0n) is 19.6. The second-order valence-electron chi connectivity index (χ2n) is 8.27. The molecule has 11 nitrogen and oxygen atoms in total. The van der Waals surface area contributed by atoms with E-state index in [-0.39, 0.29) is 29.3 Å². The minimum absolute atomic E-state index is 0.0363. The van der Waals surface area contributed by atoms with Gasteiger partial charge in [0.25, 0.3) is 5.91 Å². The number of anilines is 3. The van der Waals surface area contributed by atoms with Crippen LogP contribution in [0.15, 0.2) is 30.7 Å². The third-order valence-electron chi connectivity index (χ3n) is 4.97. The van der Waals surface area contributed by atoms with E-state index in [2.05, 4.69) is 44.8 Å². The lowest BCUT2D eigenvalue weighted by molar-refractivity contribution is 0.100. The molecule has 2 atom stereocenters. The number of pyridine rings is 2. The monoisotopic (exact) mass is 471 g/mol. The Labute approximate surface area is 197 Å². The standard InChI is InChI=1S/C22H30FN9O2/c1-5-34-22-18(32-7-6-27-31-32)9-14(11-26-22)28-20-15(19(25)33)10-16(23)21(30-20)29-17(13(4)24)8-12(2)3/h6-7,9-13,17H,5,8,24H2,1-4H3,(H2,25,33)(H2,28,29,30)/t13-,17+/m0/s1. The molecular formula is C22H30FN9O2. The fourth-order valence-corrected chi connectivity index (χ4v) is 3.36. The molecule has 6 N–H and O–H groups in total. The fourth-order valence-electron chi connectivity index (χ4n) is 3.36. The molecule has 1 amide bonds. The lowest BCUT2D eigenvalue weighted by atomic mass is 9.99. The third kappa shape index (κ3) is 5.95. The number of aromatic nitrogens is 5. The van der Waals surface area contributed by atoms with Crippen LogP contribution < -0.4 is 26.8 Å². The van der Waals surface area contributed by atoms with Crippen molar-refractivity contribution >= 4 is 23.2 Å². The Kier molecular flexibility index (Phi) is 7.95. The number of carbonyl (C=O) groups excluding carboxylic acids is 1. The molecular weight excluding hydrogens is 441 g/mol. The molecule has 0 fully saturated rings. The maximum Gasteiger partial charge on any atom is 0.252 e. The molecule has 3 aromatic rings. The van der Waals surface area contributed by atoms with E-state index in [4.69, 9.17) is 16.2 Å². The summed E-state index contributed by atoms with van der Waals surface area (Å²) in [6.07, 6.45) is 5.37. The van der Waals surface area contributed by atoms with Gasteiger partial charge in [-0.05, 0) is 38.3 Å². The van der Waals surface area contributed by atoms with Gasteiger partial charge in [0.1, 0.15) is 11.5 Å². The minimum Gasteiger partial charge on any atom is -0.476 e. The Bertz CT molecular complexity index is 1120. The first kappa shape index (κ1) is 24.8. The van der Waals surface area contributed by atoms with Gasteiger partial charge in [0.15, 0.2) is 11.6 Å². The van der Waals surface area contributed by atoms with Crippen molar-refractivity contribution in [2.24, 2.45) is 17.4 Å². The Morgan fingerprint density at radius 2 is 2.03 bits per heavy atom. The van der Waals surface area contributed by atoms with Crippen LogP contribution in [0.4, 0.5) is 21.7 Å². The van der Waals surface area contributed by atoms with Gasteiger partial charge in [-0.25, -0.2) is 19.0 Å². The average molecular weight is 472 g/mol. The smallest absolute Gasteiger partial charge is 0.252 e. The van der Waals surface area contributed by atoms with Crippen molar-refractivity contribution in [3.05, 3.63) is 42.1 Å². The minimum atomic E-state index is -0.832. The maximum atomic E-state index is 14.8. The van der Waals surface area contributed by atoms with Gasteiger partial charge in [0.2, 0.25) is 5.88 Å². The average Bonchev–Trinajstić information content (AvgIpc) is 3.30. The number of nitrogens with one attached hydrogen (secondary N) is 2. The number of amides is 1. The number of hydrogen-bond acceptors (Lipinski definition) is 9. The summed E-state index contributed by atoms with van der Waals surface area (Å²) >= 11 is 0. The highest BCUT2D eigenvalue weighted by molar-refractivity contribution is 5.98. The molecule has 3 rings (SSSR count). The zero-order chi connectivity index (χ0) is 24.8. The first-order valence-electron chi connectivity index (χ1n) is 11.0. The number of carbonyl (C=O) groups is 1.